The number of para-hydroxylation sites is 1. The standard InChI is InChI=1S/C12H12N2O3.C11H14N2O2/c1-2-17-12(16)10-8-11(15)14(13-10)9-6-4-3-5-7-9;1-4-12-13(9(2)14)10-6-5-7-11(8-10)15-3/h3-7H,2,8H2,1H3;4-8H,1-3H3/b;12-4-. The van der Waals surface area contributed by atoms with Crippen molar-refractivity contribution in [1.82, 2.24) is 0 Å². The van der Waals surface area contributed by atoms with Crippen molar-refractivity contribution in [2.24, 2.45) is 10.2 Å². The second kappa shape index (κ2) is 12.0. The number of methoxy groups -OCH3 is 1. The zero-order valence-electron chi connectivity index (χ0n) is 18.5. The molecule has 9 nitrogen and oxygen atoms in total. The molecule has 2 aromatic rings. The highest BCUT2D eigenvalue weighted by Gasteiger charge is 2.29. The molecule has 1 aliphatic rings. The zero-order valence-corrected chi connectivity index (χ0v) is 18.5. The summed E-state index contributed by atoms with van der Waals surface area (Å²) in [6.45, 7) is 5.21. The quantitative estimate of drug-likeness (QED) is 0.391. The Morgan fingerprint density at radius 1 is 1.19 bits per heavy atom. The van der Waals surface area contributed by atoms with Crippen LogP contribution in [0.5, 0.6) is 5.75 Å². The summed E-state index contributed by atoms with van der Waals surface area (Å²) in [5, 5.41) is 10.5. The van der Waals surface area contributed by atoms with Gasteiger partial charge in [-0.05, 0) is 38.1 Å². The maximum atomic E-state index is 11.7. The van der Waals surface area contributed by atoms with Crippen molar-refractivity contribution in [3.8, 4) is 5.75 Å². The van der Waals surface area contributed by atoms with Crippen molar-refractivity contribution < 1.29 is 23.9 Å². The average Bonchev–Trinajstić information content (AvgIpc) is 3.20. The minimum atomic E-state index is -0.528. The number of hydrogen-bond donors (Lipinski definition) is 0. The number of esters is 1. The van der Waals surface area contributed by atoms with E-state index in [-0.39, 0.29) is 30.6 Å². The lowest BCUT2D eigenvalue weighted by molar-refractivity contribution is -0.135. The first kappa shape index (κ1) is 24.3. The normalized spacial score (nSPS) is 12.7. The van der Waals surface area contributed by atoms with Crippen LogP contribution in [0.25, 0.3) is 0 Å². The van der Waals surface area contributed by atoms with Gasteiger partial charge in [-0.25, -0.2) is 9.80 Å². The Balaban J connectivity index is 0.000000229. The topological polar surface area (TPSA) is 101 Å². The van der Waals surface area contributed by atoms with Crippen LogP contribution in [-0.2, 0) is 19.1 Å². The Labute approximate surface area is 186 Å². The van der Waals surface area contributed by atoms with E-state index in [2.05, 4.69) is 10.2 Å². The number of anilines is 2. The molecular formula is C23H26N4O5. The molecule has 0 saturated carbocycles. The molecule has 1 aliphatic heterocycles. The fourth-order valence-corrected chi connectivity index (χ4v) is 2.72. The lowest BCUT2D eigenvalue weighted by atomic mass is 10.2. The highest BCUT2D eigenvalue weighted by atomic mass is 16.5. The molecule has 0 spiro atoms. The average molecular weight is 438 g/mol. The third-order valence-electron chi connectivity index (χ3n) is 4.11. The molecular weight excluding hydrogens is 412 g/mol. The van der Waals surface area contributed by atoms with Gasteiger partial charge in [0, 0.05) is 19.2 Å². The molecule has 32 heavy (non-hydrogen) atoms. The molecule has 3 rings (SSSR count). The first-order valence-electron chi connectivity index (χ1n) is 9.97. The number of hydrazone groups is 2. The van der Waals surface area contributed by atoms with E-state index in [9.17, 15) is 14.4 Å². The van der Waals surface area contributed by atoms with Gasteiger partial charge in [0.05, 0.1) is 31.5 Å². The minimum Gasteiger partial charge on any atom is -0.497 e. The SMILES string of the molecule is C/C=N\N(C(C)=O)c1cccc(OC)c1.CCOC(=O)C1=NN(c2ccccc2)C(=O)C1. The van der Waals surface area contributed by atoms with Crippen LogP contribution < -0.4 is 14.8 Å². The van der Waals surface area contributed by atoms with E-state index in [0.29, 0.717) is 17.1 Å². The van der Waals surface area contributed by atoms with Crippen molar-refractivity contribution in [3.63, 3.8) is 0 Å². The van der Waals surface area contributed by atoms with Gasteiger partial charge in [0.25, 0.3) is 5.91 Å². The van der Waals surface area contributed by atoms with Crippen LogP contribution in [0.1, 0.15) is 27.2 Å². The van der Waals surface area contributed by atoms with Crippen LogP contribution in [-0.4, -0.2) is 43.4 Å². The highest BCUT2D eigenvalue weighted by Crippen LogP contribution is 2.21. The summed E-state index contributed by atoms with van der Waals surface area (Å²) in [5.74, 6) is -0.190. The number of carbonyl (C=O) groups excluding carboxylic acids is 3. The molecule has 0 saturated heterocycles. The Bertz CT molecular complexity index is 1000. The van der Waals surface area contributed by atoms with Gasteiger partial charge in [0.15, 0.2) is 5.71 Å². The van der Waals surface area contributed by atoms with Gasteiger partial charge in [-0.2, -0.15) is 15.2 Å². The van der Waals surface area contributed by atoms with Crippen LogP contribution in [0.4, 0.5) is 11.4 Å². The molecule has 0 aliphatic carbocycles. The fraction of sp³-hybridized carbons (Fsp3) is 0.261. The van der Waals surface area contributed by atoms with Crippen molar-refractivity contribution in [3.05, 3.63) is 54.6 Å². The molecule has 168 valence electrons. The smallest absolute Gasteiger partial charge is 0.355 e. The Morgan fingerprint density at radius 3 is 2.50 bits per heavy atom. The number of benzene rings is 2. The summed E-state index contributed by atoms with van der Waals surface area (Å²) in [4.78, 5) is 34.4. The van der Waals surface area contributed by atoms with Crippen LogP contribution in [0.15, 0.2) is 64.8 Å². The van der Waals surface area contributed by atoms with Crippen LogP contribution in [0.2, 0.25) is 0 Å². The van der Waals surface area contributed by atoms with Crippen LogP contribution >= 0.6 is 0 Å². The van der Waals surface area contributed by atoms with Gasteiger partial charge in [0.2, 0.25) is 5.91 Å². The Kier molecular flexibility index (Phi) is 9.09. The maximum Gasteiger partial charge on any atom is 0.355 e. The monoisotopic (exact) mass is 438 g/mol. The molecule has 0 N–H and O–H groups in total. The first-order valence-corrected chi connectivity index (χ1v) is 9.97. The van der Waals surface area contributed by atoms with E-state index in [1.165, 1.54) is 16.9 Å². The number of amides is 2. The maximum absolute atomic E-state index is 11.7. The molecule has 0 atom stereocenters. The molecule has 2 amide bonds. The summed E-state index contributed by atoms with van der Waals surface area (Å²) in [6.07, 6.45) is 1.56. The minimum absolute atomic E-state index is 0.00622. The largest absolute Gasteiger partial charge is 0.497 e. The summed E-state index contributed by atoms with van der Waals surface area (Å²) >= 11 is 0. The van der Waals surface area contributed by atoms with Gasteiger partial charge < -0.3 is 9.47 Å². The van der Waals surface area contributed by atoms with Gasteiger partial charge in [-0.15, -0.1) is 0 Å². The van der Waals surface area contributed by atoms with Crippen molar-refractivity contribution in [2.45, 2.75) is 27.2 Å². The lowest BCUT2D eigenvalue weighted by Crippen LogP contribution is -2.21. The summed E-state index contributed by atoms with van der Waals surface area (Å²) in [7, 11) is 1.58. The van der Waals surface area contributed by atoms with Crippen molar-refractivity contribution in [1.29, 1.82) is 0 Å². The Morgan fingerprint density at radius 2 is 1.91 bits per heavy atom. The predicted molar refractivity (Wildman–Crippen MR) is 123 cm³/mol. The van der Waals surface area contributed by atoms with E-state index in [1.54, 1.807) is 63.6 Å². The van der Waals surface area contributed by atoms with Crippen molar-refractivity contribution >= 4 is 41.1 Å². The number of hydrogen-bond acceptors (Lipinski definition) is 7. The molecule has 0 radical (unpaired) electrons. The van der Waals surface area contributed by atoms with E-state index < -0.39 is 5.97 Å². The molecule has 0 fully saturated rings. The number of nitrogens with zero attached hydrogens (tertiary/aromatic N) is 4. The van der Waals surface area contributed by atoms with E-state index in [0.717, 1.165) is 0 Å². The van der Waals surface area contributed by atoms with E-state index in [4.69, 9.17) is 9.47 Å². The van der Waals surface area contributed by atoms with Gasteiger partial charge in [0.1, 0.15) is 5.75 Å². The molecule has 9 heteroatoms. The van der Waals surface area contributed by atoms with Crippen LogP contribution in [0.3, 0.4) is 0 Å². The zero-order chi connectivity index (χ0) is 23.5. The second-order valence-electron chi connectivity index (χ2n) is 6.39. The van der Waals surface area contributed by atoms with Crippen LogP contribution in [0, 0.1) is 0 Å². The fourth-order valence-electron chi connectivity index (χ4n) is 2.72. The van der Waals surface area contributed by atoms with E-state index >= 15 is 0 Å². The second-order valence-corrected chi connectivity index (χ2v) is 6.39. The van der Waals surface area contributed by atoms with E-state index in [1.807, 2.05) is 18.2 Å². The first-order chi connectivity index (χ1) is 15.4. The summed E-state index contributed by atoms with van der Waals surface area (Å²) in [5.41, 5.74) is 1.50. The lowest BCUT2D eigenvalue weighted by Gasteiger charge is -2.15. The third-order valence-corrected chi connectivity index (χ3v) is 4.11. The number of rotatable bonds is 6. The molecule has 0 aromatic heterocycles. The molecule has 0 unspecified atom stereocenters. The number of carbonyl (C=O) groups is 3. The highest BCUT2D eigenvalue weighted by molar-refractivity contribution is 6.42. The van der Waals surface area contributed by atoms with Gasteiger partial charge in [-0.1, -0.05) is 24.3 Å². The van der Waals surface area contributed by atoms with Gasteiger partial charge >= 0.3 is 5.97 Å². The summed E-state index contributed by atoms with van der Waals surface area (Å²) in [6, 6.07) is 16.2. The molecule has 0 bridgehead atoms. The summed E-state index contributed by atoms with van der Waals surface area (Å²) < 4.78 is 9.88. The molecule has 1 heterocycles. The number of ether oxygens (including phenoxy) is 2. The van der Waals surface area contributed by atoms with Gasteiger partial charge in [-0.3, -0.25) is 9.59 Å². The third kappa shape index (κ3) is 6.49. The molecule has 2 aromatic carbocycles. The van der Waals surface area contributed by atoms with Crippen molar-refractivity contribution in [2.75, 3.05) is 23.7 Å². The Hall–Kier alpha value is -4.01. The predicted octanol–water partition coefficient (Wildman–Crippen LogP) is 3.40.